The van der Waals surface area contributed by atoms with Crippen LogP contribution in [0.5, 0.6) is 0 Å². The second-order valence-electron chi connectivity index (χ2n) is 17.7. The Hall–Kier alpha value is -6.90. The number of aromatic nitrogens is 8. The highest BCUT2D eigenvalue weighted by Crippen LogP contribution is 2.31. The van der Waals surface area contributed by atoms with Crippen molar-refractivity contribution in [2.45, 2.75) is 97.3 Å². The van der Waals surface area contributed by atoms with Crippen LogP contribution in [-0.4, -0.2) is 113 Å². The van der Waals surface area contributed by atoms with E-state index in [1.165, 1.54) is 38.9 Å². The maximum absolute atomic E-state index is 12.8. The lowest BCUT2D eigenvalue weighted by molar-refractivity contribution is -0.138. The monoisotopic (exact) mass is 968 g/mol. The number of carbonyl (C=O) groups excluding carboxylic acids is 2. The van der Waals surface area contributed by atoms with E-state index in [9.17, 15) is 35.9 Å². The van der Waals surface area contributed by atoms with Crippen molar-refractivity contribution < 1.29 is 50.5 Å². The third kappa shape index (κ3) is 18.6. The Morgan fingerprint density at radius 1 is 0.623 bits per heavy atom. The van der Waals surface area contributed by atoms with Gasteiger partial charge in [0.25, 0.3) is 0 Å². The summed E-state index contributed by atoms with van der Waals surface area (Å²) in [6.45, 7) is 12.5. The number of alkyl halides is 6. The number of aliphatic hydroxyl groups excluding tert-OH is 1. The summed E-state index contributed by atoms with van der Waals surface area (Å²) in [5.41, 5.74) is 2.56. The lowest BCUT2D eigenvalue weighted by Crippen LogP contribution is -2.35. The van der Waals surface area contributed by atoms with Gasteiger partial charge in [-0.15, -0.1) is 20.4 Å². The number of aliphatic hydroxyl groups is 1. The topological polar surface area (TPSA) is 177 Å². The van der Waals surface area contributed by atoms with E-state index in [0.717, 1.165) is 57.6 Å². The molecule has 21 heteroatoms. The summed E-state index contributed by atoms with van der Waals surface area (Å²) in [5.74, 6) is 0.894. The van der Waals surface area contributed by atoms with E-state index in [1.54, 1.807) is 14.1 Å². The van der Waals surface area contributed by atoms with E-state index >= 15 is 0 Å². The van der Waals surface area contributed by atoms with Gasteiger partial charge in [-0.2, -0.15) is 36.4 Å². The highest BCUT2D eigenvalue weighted by molar-refractivity contribution is 5.68. The lowest BCUT2D eigenvalue weighted by Gasteiger charge is -2.24. The Bertz CT molecular complexity index is 2500. The minimum atomic E-state index is -4.36. The number of hydrogen-bond acceptors (Lipinski definition) is 11. The highest BCUT2D eigenvalue weighted by atomic mass is 19.4. The lowest BCUT2D eigenvalue weighted by atomic mass is 9.98. The first-order chi connectivity index (χ1) is 32.3. The molecule has 0 bridgehead atoms. The van der Waals surface area contributed by atoms with Crippen LogP contribution in [0.2, 0.25) is 0 Å². The molecule has 0 unspecified atom stereocenters. The zero-order chi connectivity index (χ0) is 51.0. The minimum Gasteiger partial charge on any atom is -0.444 e. The molecule has 372 valence electrons. The van der Waals surface area contributed by atoms with Crippen molar-refractivity contribution >= 4 is 12.2 Å². The van der Waals surface area contributed by atoms with Gasteiger partial charge in [0.05, 0.1) is 17.7 Å². The summed E-state index contributed by atoms with van der Waals surface area (Å²) in [4.78, 5) is 27.8. The number of tetrazole rings is 2. The number of H-pyrrole nitrogens is 1. The summed E-state index contributed by atoms with van der Waals surface area (Å²) in [7, 11) is 3.33. The Kier molecular flexibility index (Phi) is 19.3. The first-order valence-electron chi connectivity index (χ1n) is 21.8. The predicted octanol–water partition coefficient (Wildman–Crippen LogP) is 9.92. The summed E-state index contributed by atoms with van der Waals surface area (Å²) in [5, 5.41) is 35.0. The largest absolute Gasteiger partial charge is 0.444 e. The molecule has 2 N–H and O–H groups in total. The number of nitrogens with one attached hydrogen (secondary N) is 1. The number of hydrogen-bond donors (Lipinski definition) is 2. The molecule has 2 amide bonds. The van der Waals surface area contributed by atoms with Gasteiger partial charge in [-0.1, -0.05) is 72.8 Å². The fourth-order valence-electron chi connectivity index (χ4n) is 6.19. The van der Waals surface area contributed by atoms with Gasteiger partial charge >= 0.3 is 24.5 Å². The quantitative estimate of drug-likeness (QED) is 0.105. The minimum absolute atomic E-state index is 0.0904. The third-order valence-electron chi connectivity index (χ3n) is 9.58. The molecule has 0 radical (unpaired) electrons. The van der Waals surface area contributed by atoms with Crippen molar-refractivity contribution in [2.24, 2.45) is 0 Å². The van der Waals surface area contributed by atoms with Crippen molar-refractivity contribution in [1.29, 1.82) is 0 Å². The van der Waals surface area contributed by atoms with Gasteiger partial charge in [0.2, 0.25) is 11.6 Å². The number of aryl methyl sites for hydroxylation is 1. The molecule has 0 aliphatic rings. The van der Waals surface area contributed by atoms with Gasteiger partial charge in [0.15, 0.2) is 0 Å². The number of benzene rings is 4. The summed E-state index contributed by atoms with van der Waals surface area (Å²) in [6.07, 6.45) is -7.31. The van der Waals surface area contributed by atoms with Gasteiger partial charge in [0.1, 0.15) is 11.2 Å². The van der Waals surface area contributed by atoms with Crippen LogP contribution in [0.3, 0.4) is 0 Å². The Morgan fingerprint density at radius 2 is 1.06 bits per heavy atom. The number of halogens is 6. The fourth-order valence-corrected chi connectivity index (χ4v) is 6.19. The van der Waals surface area contributed by atoms with Crippen LogP contribution in [0, 0.1) is 0 Å². The average molecular weight is 969 g/mol. The SMILES string of the molecule is CN(CCCO)C(=O)OC(C)(C)C.CN(CCCn1nnc(-c2ccccc2Cc2ccc(C(F)(F)F)cc2)n1)C(=O)OC(C)(C)C.FC(F)(F)c1ccc(Cc2ccccc2-c2nn[nH]n2)cc1. The molecule has 2 heterocycles. The second kappa shape index (κ2) is 24.4. The third-order valence-corrected chi connectivity index (χ3v) is 9.58. The van der Waals surface area contributed by atoms with Crippen LogP contribution in [0.25, 0.3) is 22.8 Å². The van der Waals surface area contributed by atoms with E-state index in [2.05, 4.69) is 36.0 Å². The maximum atomic E-state index is 12.8. The van der Waals surface area contributed by atoms with Crippen molar-refractivity contribution in [3.8, 4) is 22.8 Å². The Balaban J connectivity index is 0.000000253. The van der Waals surface area contributed by atoms with E-state index < -0.39 is 40.8 Å². The van der Waals surface area contributed by atoms with Gasteiger partial charge in [-0.25, -0.2) is 9.59 Å². The average Bonchev–Trinajstić information content (AvgIpc) is 3.99. The zero-order valence-corrected chi connectivity index (χ0v) is 39.8. The Morgan fingerprint density at radius 3 is 1.46 bits per heavy atom. The van der Waals surface area contributed by atoms with Gasteiger partial charge < -0.3 is 24.4 Å². The first kappa shape index (κ1) is 54.7. The molecular formula is C48H58F6N10O5. The number of carbonyl (C=O) groups is 2. The number of nitrogens with zero attached hydrogens (tertiary/aromatic N) is 9. The molecule has 6 rings (SSSR count). The Labute approximate surface area is 396 Å². The number of amides is 2. The van der Waals surface area contributed by atoms with Crippen molar-refractivity contribution in [1.82, 2.24) is 50.6 Å². The van der Waals surface area contributed by atoms with Crippen LogP contribution < -0.4 is 0 Å². The number of rotatable bonds is 13. The molecule has 0 fully saturated rings. The van der Waals surface area contributed by atoms with Gasteiger partial charge in [-0.05, 0) is 124 Å². The predicted molar refractivity (Wildman–Crippen MR) is 245 cm³/mol. The maximum Gasteiger partial charge on any atom is 0.416 e. The van der Waals surface area contributed by atoms with Crippen LogP contribution >= 0.6 is 0 Å². The molecule has 15 nitrogen and oxygen atoms in total. The van der Waals surface area contributed by atoms with Crippen molar-refractivity contribution in [3.63, 3.8) is 0 Å². The van der Waals surface area contributed by atoms with E-state index in [-0.39, 0.29) is 12.7 Å². The summed E-state index contributed by atoms with van der Waals surface area (Å²) >= 11 is 0. The molecule has 0 atom stereocenters. The summed E-state index contributed by atoms with van der Waals surface area (Å²) < 4.78 is 86.6. The molecule has 0 aliphatic heterocycles. The molecule has 0 saturated carbocycles. The van der Waals surface area contributed by atoms with E-state index in [0.29, 0.717) is 57.0 Å². The van der Waals surface area contributed by atoms with Gasteiger partial charge in [0, 0.05) is 44.9 Å². The standard InChI is InChI=1S/C24H28F3N5O2.C15H11F3N4.C9H19NO3/c1-23(2,3)34-22(33)31(4)14-7-15-32-29-21(28-30-32)20-9-6-5-8-18(20)16-17-10-12-19(13-11-17)24(25,26)27;16-15(17,18)12-7-5-10(6-8-12)9-11-3-1-2-4-13(11)14-19-21-22-20-14;1-9(2,3)13-8(12)10(4)6-5-7-11/h5-6,8-13H,7,14-16H2,1-4H3;1-8H,9H2,(H,19,20,21,22);11H,5-7H2,1-4H3. The molecule has 69 heavy (non-hydrogen) atoms. The molecule has 0 spiro atoms. The van der Waals surface area contributed by atoms with Crippen LogP contribution in [-0.2, 0) is 41.2 Å². The first-order valence-corrected chi connectivity index (χ1v) is 21.8. The molecule has 0 aliphatic carbocycles. The smallest absolute Gasteiger partial charge is 0.416 e. The van der Waals surface area contributed by atoms with E-state index in [4.69, 9.17) is 14.6 Å². The fraction of sp³-hybridized carbons (Fsp3) is 0.417. The van der Waals surface area contributed by atoms with Crippen molar-refractivity contribution in [3.05, 3.63) is 130 Å². The molecule has 0 saturated heterocycles. The van der Waals surface area contributed by atoms with Crippen LogP contribution in [0.4, 0.5) is 35.9 Å². The van der Waals surface area contributed by atoms with Crippen LogP contribution in [0.1, 0.15) is 87.8 Å². The molecule has 2 aromatic heterocycles. The number of ether oxygens (including phenoxy) is 2. The highest BCUT2D eigenvalue weighted by Gasteiger charge is 2.31. The second-order valence-corrected chi connectivity index (χ2v) is 17.7. The van der Waals surface area contributed by atoms with Crippen molar-refractivity contribution in [2.75, 3.05) is 33.8 Å². The van der Waals surface area contributed by atoms with E-state index in [1.807, 2.05) is 90.1 Å². The normalized spacial score (nSPS) is 11.7. The van der Waals surface area contributed by atoms with Crippen LogP contribution in [0.15, 0.2) is 97.1 Å². The molecule has 4 aromatic carbocycles. The van der Waals surface area contributed by atoms with Gasteiger partial charge in [-0.3, -0.25) is 0 Å². The number of aromatic amines is 1. The summed E-state index contributed by atoms with van der Waals surface area (Å²) in [6, 6.07) is 25.2. The molecule has 6 aromatic rings. The molecular weight excluding hydrogens is 911 g/mol. The zero-order valence-electron chi connectivity index (χ0n) is 39.8.